The second-order valence-electron chi connectivity index (χ2n) is 10.1. The third kappa shape index (κ3) is 4.30. The Labute approximate surface area is 211 Å². The summed E-state index contributed by atoms with van der Waals surface area (Å²) in [6.07, 6.45) is 11.6. The number of pyridine rings is 1. The number of aryl methyl sites for hydroxylation is 1. The van der Waals surface area contributed by atoms with Gasteiger partial charge in [-0.05, 0) is 49.4 Å². The predicted molar refractivity (Wildman–Crippen MR) is 138 cm³/mol. The van der Waals surface area contributed by atoms with Crippen LogP contribution in [0, 0.1) is 0 Å². The van der Waals surface area contributed by atoms with Gasteiger partial charge in [-0.25, -0.2) is 4.98 Å². The highest BCUT2D eigenvalue weighted by Gasteiger charge is 2.30. The third-order valence-electron chi connectivity index (χ3n) is 8.01. The second kappa shape index (κ2) is 9.85. The lowest BCUT2D eigenvalue weighted by atomic mass is 9.94. The molecule has 3 heterocycles. The normalized spacial score (nSPS) is 20.1. The van der Waals surface area contributed by atoms with Gasteiger partial charge < -0.3 is 15.1 Å². The lowest BCUT2D eigenvalue weighted by Crippen LogP contribution is -2.52. The minimum absolute atomic E-state index is 0.0456. The van der Waals surface area contributed by atoms with Crippen molar-refractivity contribution in [2.24, 2.45) is 5.16 Å². The molecule has 36 heavy (non-hydrogen) atoms. The molecule has 1 saturated carbocycles. The van der Waals surface area contributed by atoms with Gasteiger partial charge in [-0.1, -0.05) is 36.6 Å². The van der Waals surface area contributed by atoms with Gasteiger partial charge in [0.25, 0.3) is 5.91 Å². The van der Waals surface area contributed by atoms with Gasteiger partial charge in [0.1, 0.15) is 0 Å². The van der Waals surface area contributed by atoms with Crippen molar-refractivity contribution in [3.8, 4) is 22.5 Å². The number of nitrogens with zero attached hydrogens (tertiary/aromatic N) is 5. The Morgan fingerprint density at radius 3 is 2.50 bits per heavy atom. The molecule has 6 rings (SSSR count). The van der Waals surface area contributed by atoms with Gasteiger partial charge in [0.15, 0.2) is 5.82 Å². The summed E-state index contributed by atoms with van der Waals surface area (Å²) in [6.45, 7) is 3.33. The van der Waals surface area contributed by atoms with E-state index in [1.54, 1.807) is 12.4 Å². The molecule has 2 fully saturated rings. The van der Waals surface area contributed by atoms with Crippen LogP contribution in [0.15, 0.2) is 47.9 Å². The number of aromatic nitrogens is 3. The quantitative estimate of drug-likeness (QED) is 0.424. The number of carbonyl (C=O) groups excluding carboxylic acids is 1. The maximum Gasteiger partial charge on any atom is 0.289 e. The number of imidazole rings is 1. The molecule has 0 radical (unpaired) electrons. The first-order valence-corrected chi connectivity index (χ1v) is 13.1. The van der Waals surface area contributed by atoms with Crippen molar-refractivity contribution in [2.45, 2.75) is 51.0 Å². The van der Waals surface area contributed by atoms with Crippen molar-refractivity contribution in [3.05, 3.63) is 59.7 Å². The van der Waals surface area contributed by atoms with Crippen LogP contribution in [0.3, 0.4) is 0 Å². The van der Waals surface area contributed by atoms with Crippen molar-refractivity contribution in [1.82, 2.24) is 24.8 Å². The predicted octanol–water partition coefficient (Wildman–Crippen LogP) is 4.35. The van der Waals surface area contributed by atoms with Crippen molar-refractivity contribution in [2.75, 3.05) is 26.2 Å². The minimum Gasteiger partial charge on any atom is -0.411 e. The summed E-state index contributed by atoms with van der Waals surface area (Å²) in [5.74, 6) is 0.330. The number of nitrogens with one attached hydrogen (secondary N) is 1. The molecule has 2 aromatic heterocycles. The topological polar surface area (TPSA) is 97.7 Å². The molecule has 186 valence electrons. The molecule has 8 heteroatoms. The van der Waals surface area contributed by atoms with E-state index >= 15 is 0 Å². The van der Waals surface area contributed by atoms with Gasteiger partial charge in [0.05, 0.1) is 17.1 Å². The van der Waals surface area contributed by atoms with Crippen LogP contribution in [0.2, 0.25) is 0 Å². The van der Waals surface area contributed by atoms with E-state index < -0.39 is 0 Å². The van der Waals surface area contributed by atoms with Crippen molar-refractivity contribution >= 4 is 11.6 Å². The summed E-state index contributed by atoms with van der Waals surface area (Å²) in [5, 5.41) is 12.7. The summed E-state index contributed by atoms with van der Waals surface area (Å²) in [4.78, 5) is 30.4. The maximum atomic E-state index is 13.5. The zero-order chi connectivity index (χ0) is 24.5. The highest BCUT2D eigenvalue weighted by atomic mass is 16.4. The number of hydrogen-bond donors (Lipinski definition) is 2. The lowest BCUT2D eigenvalue weighted by Gasteiger charge is -2.40. The Morgan fingerprint density at radius 1 is 0.972 bits per heavy atom. The SMILES string of the molecule is O=C(c1nc(-c2ccc3c(c2)CCC3=NO)c(-c2ccncc2)[nH]1)N1CCN(C2CCCCC2)CC1. The van der Waals surface area contributed by atoms with Crippen LogP contribution in [0.5, 0.6) is 0 Å². The number of H-pyrrole nitrogens is 1. The first kappa shape index (κ1) is 22.9. The van der Waals surface area contributed by atoms with Gasteiger partial charge in [0.2, 0.25) is 0 Å². The van der Waals surface area contributed by atoms with Gasteiger partial charge in [-0.2, -0.15) is 0 Å². The van der Waals surface area contributed by atoms with Crippen LogP contribution in [-0.4, -0.2) is 73.8 Å². The fourth-order valence-electron chi connectivity index (χ4n) is 6.02. The van der Waals surface area contributed by atoms with Crippen LogP contribution >= 0.6 is 0 Å². The molecule has 1 aromatic carbocycles. The third-order valence-corrected chi connectivity index (χ3v) is 8.01. The molecule has 0 bridgehead atoms. The number of benzene rings is 1. The largest absolute Gasteiger partial charge is 0.411 e. The lowest BCUT2D eigenvalue weighted by molar-refractivity contribution is 0.0514. The zero-order valence-electron chi connectivity index (χ0n) is 20.5. The molecule has 1 saturated heterocycles. The van der Waals surface area contributed by atoms with Crippen LogP contribution < -0.4 is 0 Å². The zero-order valence-corrected chi connectivity index (χ0v) is 20.5. The first-order chi connectivity index (χ1) is 17.7. The van der Waals surface area contributed by atoms with E-state index in [4.69, 9.17) is 4.98 Å². The number of oxime groups is 1. The van der Waals surface area contributed by atoms with Crippen LogP contribution in [0.4, 0.5) is 0 Å². The molecule has 0 atom stereocenters. The van der Waals surface area contributed by atoms with Crippen molar-refractivity contribution < 1.29 is 10.0 Å². The molecular formula is C28H32N6O2. The fraction of sp³-hybridized carbons (Fsp3) is 0.429. The summed E-state index contributed by atoms with van der Waals surface area (Å²) in [5.41, 5.74) is 6.28. The van der Waals surface area contributed by atoms with E-state index in [1.165, 1.54) is 32.1 Å². The molecule has 2 aliphatic carbocycles. The van der Waals surface area contributed by atoms with E-state index in [2.05, 4.69) is 26.1 Å². The molecule has 0 spiro atoms. The highest BCUT2D eigenvalue weighted by molar-refractivity contribution is 6.04. The van der Waals surface area contributed by atoms with Gasteiger partial charge in [-0.3, -0.25) is 14.7 Å². The molecule has 3 aliphatic rings. The number of fused-ring (bicyclic) bond motifs is 1. The van der Waals surface area contributed by atoms with Crippen LogP contribution in [-0.2, 0) is 6.42 Å². The summed E-state index contributed by atoms with van der Waals surface area (Å²) in [6, 6.07) is 10.6. The molecule has 1 aliphatic heterocycles. The summed E-state index contributed by atoms with van der Waals surface area (Å²) >= 11 is 0. The maximum absolute atomic E-state index is 13.5. The van der Waals surface area contributed by atoms with E-state index in [1.807, 2.05) is 29.2 Å². The number of hydrogen-bond acceptors (Lipinski definition) is 6. The molecule has 0 unspecified atom stereocenters. The Kier molecular flexibility index (Phi) is 6.27. The standard InChI is InChI=1S/C28H32N6O2/c35-28(34-16-14-33(15-17-34)22-4-2-1-3-5-22)27-30-25(19-10-12-29-13-11-19)26(31-27)21-6-8-23-20(18-21)7-9-24(23)32-36/h6,8,10-13,18,22,36H,1-5,7,9,14-17H2,(H,30,31). The summed E-state index contributed by atoms with van der Waals surface area (Å²) < 4.78 is 0. The minimum atomic E-state index is -0.0456. The Bertz CT molecular complexity index is 1270. The van der Waals surface area contributed by atoms with E-state index in [0.717, 1.165) is 78.4 Å². The van der Waals surface area contributed by atoms with E-state index in [-0.39, 0.29) is 5.91 Å². The second-order valence-corrected chi connectivity index (χ2v) is 10.1. The average molecular weight is 485 g/mol. The molecule has 8 nitrogen and oxygen atoms in total. The Hall–Kier alpha value is -3.52. The smallest absolute Gasteiger partial charge is 0.289 e. The molecular weight excluding hydrogens is 452 g/mol. The van der Waals surface area contributed by atoms with E-state index in [0.29, 0.717) is 11.9 Å². The number of rotatable bonds is 4. The number of amides is 1. The molecule has 3 aromatic rings. The first-order valence-electron chi connectivity index (χ1n) is 13.1. The monoisotopic (exact) mass is 484 g/mol. The van der Waals surface area contributed by atoms with Crippen molar-refractivity contribution in [1.29, 1.82) is 0 Å². The number of carbonyl (C=O) groups is 1. The van der Waals surface area contributed by atoms with Gasteiger partial charge in [0, 0.05) is 61.3 Å². The van der Waals surface area contributed by atoms with Crippen LogP contribution in [0.25, 0.3) is 22.5 Å². The van der Waals surface area contributed by atoms with Crippen LogP contribution in [0.1, 0.15) is 60.3 Å². The van der Waals surface area contributed by atoms with Gasteiger partial charge in [-0.15, -0.1) is 0 Å². The Balaban J connectivity index is 1.27. The van der Waals surface area contributed by atoms with Gasteiger partial charge >= 0.3 is 0 Å². The fourth-order valence-corrected chi connectivity index (χ4v) is 6.02. The molecule has 2 N–H and O–H groups in total. The van der Waals surface area contributed by atoms with E-state index in [9.17, 15) is 10.0 Å². The van der Waals surface area contributed by atoms with Crippen molar-refractivity contribution in [3.63, 3.8) is 0 Å². The number of piperazine rings is 1. The molecule has 1 amide bonds. The Morgan fingerprint density at radius 2 is 1.75 bits per heavy atom. The highest BCUT2D eigenvalue weighted by Crippen LogP contribution is 2.34. The number of aromatic amines is 1. The average Bonchev–Trinajstić information content (AvgIpc) is 3.58. The summed E-state index contributed by atoms with van der Waals surface area (Å²) in [7, 11) is 0.